The maximum absolute atomic E-state index is 13.7. The molecule has 3 rings (SSSR count). The number of aryl methyl sites for hydroxylation is 1. The number of sulfonamides is 1. The summed E-state index contributed by atoms with van der Waals surface area (Å²) in [5, 5.41) is 5.93. The van der Waals surface area contributed by atoms with Crippen molar-refractivity contribution >= 4 is 27.0 Å². The predicted octanol–water partition coefficient (Wildman–Crippen LogP) is 3.23. The lowest BCUT2D eigenvalue weighted by atomic mass is 10.3. The highest BCUT2D eigenvalue weighted by atomic mass is 32.2. The fourth-order valence-corrected chi connectivity index (χ4v) is 4.06. The molecule has 1 N–H and O–H groups in total. The van der Waals surface area contributed by atoms with E-state index in [0.29, 0.717) is 4.88 Å². The number of hydrogen-bond donors (Lipinski definition) is 1. The predicted molar refractivity (Wildman–Crippen MR) is 83.7 cm³/mol. The largest absolute Gasteiger partial charge is 0.276 e. The zero-order chi connectivity index (χ0) is 16.6. The molecular formula is C14H11F2N3O2S2. The molecule has 0 saturated heterocycles. The van der Waals surface area contributed by atoms with Gasteiger partial charge in [0.25, 0.3) is 10.0 Å². The first-order chi connectivity index (χ1) is 10.9. The van der Waals surface area contributed by atoms with Crippen LogP contribution in [0.3, 0.4) is 0 Å². The summed E-state index contributed by atoms with van der Waals surface area (Å²) < 4.78 is 55.4. The summed E-state index contributed by atoms with van der Waals surface area (Å²) in [7, 11) is -2.54. The van der Waals surface area contributed by atoms with Gasteiger partial charge < -0.3 is 0 Å². The van der Waals surface area contributed by atoms with Crippen molar-refractivity contribution in [2.45, 2.75) is 4.90 Å². The van der Waals surface area contributed by atoms with Crippen LogP contribution in [0.15, 0.2) is 46.8 Å². The number of halogens is 2. The number of nitrogens with zero attached hydrogens (tertiary/aromatic N) is 2. The van der Waals surface area contributed by atoms with E-state index in [1.54, 1.807) is 24.6 Å². The van der Waals surface area contributed by atoms with Crippen molar-refractivity contribution in [1.29, 1.82) is 0 Å². The summed E-state index contributed by atoms with van der Waals surface area (Å²) >= 11 is 1.33. The van der Waals surface area contributed by atoms with Gasteiger partial charge in [-0.25, -0.2) is 17.2 Å². The third-order valence-electron chi connectivity index (χ3n) is 3.01. The summed E-state index contributed by atoms with van der Waals surface area (Å²) in [6, 6.07) is 6.05. The van der Waals surface area contributed by atoms with Gasteiger partial charge in [0.05, 0.1) is 10.6 Å². The minimum atomic E-state index is -4.12. The van der Waals surface area contributed by atoms with E-state index < -0.39 is 27.3 Å². The Kier molecular flexibility index (Phi) is 3.90. The zero-order valence-electron chi connectivity index (χ0n) is 11.8. The van der Waals surface area contributed by atoms with Crippen molar-refractivity contribution in [2.75, 3.05) is 4.72 Å². The molecule has 0 fully saturated rings. The molecule has 2 aromatic heterocycles. The number of thiophene rings is 1. The monoisotopic (exact) mass is 355 g/mol. The van der Waals surface area contributed by atoms with Crippen LogP contribution in [0.5, 0.6) is 0 Å². The van der Waals surface area contributed by atoms with Crippen LogP contribution in [-0.2, 0) is 17.1 Å². The normalized spacial score (nSPS) is 11.6. The van der Waals surface area contributed by atoms with Crippen LogP contribution in [0.2, 0.25) is 0 Å². The first kappa shape index (κ1) is 15.6. The molecule has 0 aliphatic heterocycles. The first-order valence-corrected chi connectivity index (χ1v) is 8.78. The van der Waals surface area contributed by atoms with Crippen LogP contribution < -0.4 is 4.72 Å². The number of nitrogens with one attached hydrogen (secondary N) is 1. The molecule has 0 amide bonds. The highest BCUT2D eigenvalue weighted by Gasteiger charge is 2.25. The number of rotatable bonds is 4. The maximum atomic E-state index is 13.7. The minimum absolute atomic E-state index is 0.105. The van der Waals surface area contributed by atoms with E-state index >= 15 is 0 Å². The molecule has 2 heterocycles. The van der Waals surface area contributed by atoms with E-state index in [0.717, 1.165) is 18.2 Å². The second kappa shape index (κ2) is 5.74. The van der Waals surface area contributed by atoms with E-state index in [1.807, 2.05) is 0 Å². The molecule has 0 atom stereocenters. The molecule has 1 aromatic carbocycles. The van der Waals surface area contributed by atoms with Gasteiger partial charge in [-0.05, 0) is 23.6 Å². The quantitative estimate of drug-likeness (QED) is 0.781. The molecule has 0 radical (unpaired) electrons. The third kappa shape index (κ3) is 3.10. The second-order valence-electron chi connectivity index (χ2n) is 4.72. The van der Waals surface area contributed by atoms with Crippen LogP contribution in [0, 0.1) is 11.6 Å². The van der Waals surface area contributed by atoms with Crippen molar-refractivity contribution in [3.8, 4) is 10.6 Å². The topological polar surface area (TPSA) is 64.0 Å². The van der Waals surface area contributed by atoms with Gasteiger partial charge in [-0.2, -0.15) is 5.10 Å². The van der Waals surface area contributed by atoms with Crippen molar-refractivity contribution in [2.24, 2.45) is 7.05 Å². The summed E-state index contributed by atoms with van der Waals surface area (Å²) in [5.74, 6) is -1.61. The van der Waals surface area contributed by atoms with Gasteiger partial charge in [0.2, 0.25) is 0 Å². The van der Waals surface area contributed by atoms with Crippen LogP contribution >= 0.6 is 11.3 Å². The molecule has 3 aromatic rings. The van der Waals surface area contributed by atoms with Crippen molar-refractivity contribution < 1.29 is 17.2 Å². The third-order valence-corrected chi connectivity index (χ3v) is 5.26. The molecule has 23 heavy (non-hydrogen) atoms. The van der Waals surface area contributed by atoms with E-state index in [2.05, 4.69) is 9.82 Å². The van der Waals surface area contributed by atoms with Crippen molar-refractivity contribution in [1.82, 2.24) is 9.78 Å². The highest BCUT2D eigenvalue weighted by Crippen LogP contribution is 2.30. The van der Waals surface area contributed by atoms with Crippen molar-refractivity contribution in [3.05, 3.63) is 53.5 Å². The second-order valence-corrected chi connectivity index (χ2v) is 7.32. The Labute approximate surface area is 135 Å². The number of hydrogen-bond acceptors (Lipinski definition) is 4. The molecule has 120 valence electrons. The Balaban J connectivity index is 2.06. The van der Waals surface area contributed by atoms with Gasteiger partial charge in [-0.3, -0.25) is 9.40 Å². The average molecular weight is 355 g/mol. The van der Waals surface area contributed by atoms with Gasteiger partial charge in [-0.1, -0.05) is 6.07 Å². The Hall–Kier alpha value is -2.26. The number of anilines is 1. The van der Waals surface area contributed by atoms with Crippen molar-refractivity contribution in [3.63, 3.8) is 0 Å². The van der Waals surface area contributed by atoms with E-state index in [4.69, 9.17) is 0 Å². The Morgan fingerprint density at radius 2 is 2.04 bits per heavy atom. The van der Waals surface area contributed by atoms with Crippen LogP contribution in [0.25, 0.3) is 10.6 Å². The first-order valence-electron chi connectivity index (χ1n) is 6.42. The van der Waals surface area contributed by atoms with Crippen LogP contribution in [0.1, 0.15) is 0 Å². The van der Waals surface area contributed by atoms with E-state index in [-0.39, 0.29) is 10.6 Å². The lowest BCUT2D eigenvalue weighted by Crippen LogP contribution is -2.14. The molecular weight excluding hydrogens is 344 g/mol. The Morgan fingerprint density at radius 3 is 2.74 bits per heavy atom. The SMILES string of the molecule is Cn1cc(S(=O)(=O)Nc2cc(F)ccc2F)c(-c2cccs2)n1. The summed E-state index contributed by atoms with van der Waals surface area (Å²) in [4.78, 5) is 0.553. The Bertz CT molecular complexity index is 951. The average Bonchev–Trinajstić information content (AvgIpc) is 3.11. The molecule has 0 saturated carbocycles. The lowest BCUT2D eigenvalue weighted by molar-refractivity contribution is 0.594. The summed E-state index contributed by atoms with van der Waals surface area (Å²) in [6.45, 7) is 0. The molecule has 0 spiro atoms. The van der Waals surface area contributed by atoms with Crippen LogP contribution in [0.4, 0.5) is 14.5 Å². The summed E-state index contributed by atoms with van der Waals surface area (Å²) in [5.41, 5.74) is -0.196. The molecule has 0 aliphatic carbocycles. The molecule has 5 nitrogen and oxygen atoms in total. The fourth-order valence-electron chi connectivity index (χ4n) is 2.02. The Morgan fingerprint density at radius 1 is 1.26 bits per heavy atom. The smallest absolute Gasteiger partial charge is 0.265 e. The standard InChI is InChI=1S/C14H11F2N3O2S2/c1-19-8-13(14(17-19)12-3-2-6-22-12)23(20,21)18-11-7-9(15)4-5-10(11)16/h2-8,18H,1H3. The summed E-state index contributed by atoms with van der Waals surface area (Å²) in [6.07, 6.45) is 1.31. The zero-order valence-corrected chi connectivity index (χ0v) is 13.5. The maximum Gasteiger partial charge on any atom is 0.265 e. The van der Waals surface area contributed by atoms with Gasteiger partial charge in [0.15, 0.2) is 0 Å². The molecule has 9 heteroatoms. The molecule has 0 bridgehead atoms. The lowest BCUT2D eigenvalue weighted by Gasteiger charge is -2.08. The molecule has 0 aliphatic rings. The van der Waals surface area contributed by atoms with Gasteiger partial charge in [-0.15, -0.1) is 11.3 Å². The van der Waals surface area contributed by atoms with Crippen LogP contribution in [-0.4, -0.2) is 18.2 Å². The van der Waals surface area contributed by atoms with Gasteiger partial charge >= 0.3 is 0 Å². The fraction of sp³-hybridized carbons (Fsp3) is 0.0714. The van der Waals surface area contributed by atoms with E-state index in [9.17, 15) is 17.2 Å². The number of aromatic nitrogens is 2. The number of benzene rings is 1. The minimum Gasteiger partial charge on any atom is -0.276 e. The highest BCUT2D eigenvalue weighted by molar-refractivity contribution is 7.92. The van der Waals surface area contributed by atoms with Gasteiger partial charge in [0.1, 0.15) is 22.2 Å². The van der Waals surface area contributed by atoms with Gasteiger partial charge in [0, 0.05) is 19.3 Å². The molecule has 0 unspecified atom stereocenters. The van der Waals surface area contributed by atoms with E-state index in [1.165, 1.54) is 22.2 Å².